The number of carbonyl (C=O) groups is 1. The summed E-state index contributed by atoms with van der Waals surface area (Å²) in [5.41, 5.74) is 0.884. The van der Waals surface area contributed by atoms with Crippen molar-refractivity contribution in [1.29, 1.82) is 0 Å². The first-order valence-corrected chi connectivity index (χ1v) is 7.39. The Morgan fingerprint density at radius 2 is 2.32 bits per heavy atom. The molecule has 0 spiro atoms. The van der Waals surface area contributed by atoms with Crippen molar-refractivity contribution in [2.24, 2.45) is 0 Å². The van der Waals surface area contributed by atoms with E-state index in [4.69, 9.17) is 0 Å². The number of hydrogen-bond acceptors (Lipinski definition) is 5. The number of aromatic nitrogens is 1. The Morgan fingerprint density at radius 1 is 1.58 bits per heavy atom. The van der Waals surface area contributed by atoms with E-state index < -0.39 is 6.10 Å². The van der Waals surface area contributed by atoms with Gasteiger partial charge < -0.3 is 15.3 Å². The monoisotopic (exact) mass is 284 g/mol. The zero-order valence-corrected chi connectivity index (χ0v) is 11.9. The highest BCUT2D eigenvalue weighted by atomic mass is 32.1. The van der Waals surface area contributed by atoms with Crippen LogP contribution in [0.2, 0.25) is 0 Å². The standard InChI is InChI=1S/C12H20N4O2S/c1-9-8-19-12(14-9)15-11(18)13-6-10(17)7-16-4-2-3-5-16/h8,10,17H,2-7H2,1H3,(H2,13,14,15,18). The van der Waals surface area contributed by atoms with Crippen LogP contribution in [-0.4, -0.2) is 53.3 Å². The Bertz CT molecular complexity index is 418. The van der Waals surface area contributed by atoms with Crippen LogP contribution in [0.4, 0.5) is 9.93 Å². The number of aryl methyl sites for hydroxylation is 1. The molecule has 1 aromatic heterocycles. The first-order valence-electron chi connectivity index (χ1n) is 6.51. The number of nitrogens with one attached hydrogen (secondary N) is 2. The van der Waals surface area contributed by atoms with Crippen LogP contribution in [0, 0.1) is 6.92 Å². The fraction of sp³-hybridized carbons (Fsp3) is 0.667. The molecule has 7 heteroatoms. The normalized spacial score (nSPS) is 17.4. The number of thiazole rings is 1. The summed E-state index contributed by atoms with van der Waals surface area (Å²) in [4.78, 5) is 17.9. The molecule has 19 heavy (non-hydrogen) atoms. The lowest BCUT2D eigenvalue weighted by Gasteiger charge is -2.19. The lowest BCUT2D eigenvalue weighted by Crippen LogP contribution is -2.40. The zero-order chi connectivity index (χ0) is 13.7. The summed E-state index contributed by atoms with van der Waals surface area (Å²) in [6, 6.07) is -0.324. The van der Waals surface area contributed by atoms with Crippen LogP contribution in [-0.2, 0) is 0 Å². The Balaban J connectivity index is 1.65. The molecule has 2 rings (SSSR count). The van der Waals surface area contributed by atoms with Crippen LogP contribution in [0.25, 0.3) is 0 Å². The van der Waals surface area contributed by atoms with Gasteiger partial charge in [0.1, 0.15) is 0 Å². The number of nitrogens with zero attached hydrogens (tertiary/aromatic N) is 2. The molecule has 0 aliphatic carbocycles. The summed E-state index contributed by atoms with van der Waals surface area (Å²) in [7, 11) is 0. The van der Waals surface area contributed by atoms with Crippen molar-refractivity contribution >= 4 is 22.5 Å². The van der Waals surface area contributed by atoms with Gasteiger partial charge in [-0.15, -0.1) is 11.3 Å². The van der Waals surface area contributed by atoms with E-state index >= 15 is 0 Å². The molecule has 0 radical (unpaired) electrons. The Labute approximate surface area is 116 Å². The van der Waals surface area contributed by atoms with E-state index in [0.29, 0.717) is 11.7 Å². The van der Waals surface area contributed by atoms with Crippen LogP contribution < -0.4 is 10.6 Å². The summed E-state index contributed by atoms with van der Waals surface area (Å²) in [6.07, 6.45) is 1.87. The molecule has 1 aromatic rings. The van der Waals surface area contributed by atoms with Crippen LogP contribution in [0.1, 0.15) is 18.5 Å². The van der Waals surface area contributed by atoms with E-state index in [1.54, 1.807) is 0 Å². The molecule has 1 atom stereocenters. The second-order valence-electron chi connectivity index (χ2n) is 4.79. The van der Waals surface area contributed by atoms with Crippen molar-refractivity contribution in [3.05, 3.63) is 11.1 Å². The molecule has 6 nitrogen and oxygen atoms in total. The molecule has 0 saturated carbocycles. The number of carbonyl (C=O) groups excluding carboxylic acids is 1. The molecule has 3 N–H and O–H groups in total. The maximum absolute atomic E-state index is 11.6. The minimum absolute atomic E-state index is 0.257. The zero-order valence-electron chi connectivity index (χ0n) is 11.1. The van der Waals surface area contributed by atoms with Crippen molar-refractivity contribution in [1.82, 2.24) is 15.2 Å². The lowest BCUT2D eigenvalue weighted by atomic mass is 10.3. The molecule has 1 saturated heterocycles. The quantitative estimate of drug-likeness (QED) is 0.755. The predicted octanol–water partition coefficient (Wildman–Crippen LogP) is 1.03. The van der Waals surface area contributed by atoms with Gasteiger partial charge in [-0.1, -0.05) is 0 Å². The Morgan fingerprint density at radius 3 is 2.95 bits per heavy atom. The van der Waals surface area contributed by atoms with Gasteiger partial charge in [-0.3, -0.25) is 5.32 Å². The summed E-state index contributed by atoms with van der Waals surface area (Å²) in [5.74, 6) is 0. The van der Waals surface area contributed by atoms with E-state index in [2.05, 4.69) is 20.5 Å². The summed E-state index contributed by atoms with van der Waals surface area (Å²) in [6.45, 7) is 4.84. The summed E-state index contributed by atoms with van der Waals surface area (Å²) in [5, 5.41) is 17.6. The number of likely N-dealkylation sites (tertiary alicyclic amines) is 1. The number of rotatable bonds is 5. The Hall–Kier alpha value is -1.18. The van der Waals surface area contributed by atoms with Gasteiger partial charge >= 0.3 is 6.03 Å². The molecular formula is C12H20N4O2S. The first kappa shape index (κ1) is 14.2. The van der Waals surface area contributed by atoms with Gasteiger partial charge in [0.15, 0.2) is 5.13 Å². The maximum atomic E-state index is 11.6. The van der Waals surface area contributed by atoms with E-state index in [1.165, 1.54) is 24.2 Å². The third-order valence-electron chi connectivity index (χ3n) is 3.01. The molecule has 2 amide bonds. The second kappa shape index (κ2) is 6.83. The average Bonchev–Trinajstić information content (AvgIpc) is 2.99. The van der Waals surface area contributed by atoms with E-state index in [0.717, 1.165) is 18.8 Å². The maximum Gasteiger partial charge on any atom is 0.321 e. The van der Waals surface area contributed by atoms with E-state index in [-0.39, 0.29) is 12.6 Å². The van der Waals surface area contributed by atoms with E-state index in [9.17, 15) is 9.90 Å². The third kappa shape index (κ3) is 4.77. The molecule has 1 aliphatic rings. The number of hydrogen-bond donors (Lipinski definition) is 3. The summed E-state index contributed by atoms with van der Waals surface area (Å²) < 4.78 is 0. The fourth-order valence-corrected chi connectivity index (χ4v) is 2.77. The van der Waals surface area contributed by atoms with Crippen molar-refractivity contribution in [3.63, 3.8) is 0 Å². The molecule has 2 heterocycles. The van der Waals surface area contributed by atoms with Crippen LogP contribution in [0.5, 0.6) is 0 Å². The lowest BCUT2D eigenvalue weighted by molar-refractivity contribution is 0.125. The SMILES string of the molecule is Cc1csc(NC(=O)NCC(O)CN2CCCC2)n1. The van der Waals surface area contributed by atoms with Gasteiger partial charge in [-0.2, -0.15) is 0 Å². The van der Waals surface area contributed by atoms with Crippen molar-refractivity contribution < 1.29 is 9.90 Å². The van der Waals surface area contributed by atoms with Crippen molar-refractivity contribution in [3.8, 4) is 0 Å². The van der Waals surface area contributed by atoms with Crippen LogP contribution in [0.15, 0.2) is 5.38 Å². The highest BCUT2D eigenvalue weighted by Gasteiger charge is 2.16. The fourth-order valence-electron chi connectivity index (χ4n) is 2.09. The molecule has 1 fully saturated rings. The largest absolute Gasteiger partial charge is 0.390 e. The van der Waals surface area contributed by atoms with Gasteiger partial charge in [0.05, 0.1) is 11.8 Å². The number of anilines is 1. The molecular weight excluding hydrogens is 264 g/mol. The van der Waals surface area contributed by atoms with Crippen molar-refractivity contribution in [2.45, 2.75) is 25.9 Å². The number of β-amino-alcohol motifs (C(OH)–C–C–N with tert-alkyl or cyclic N) is 1. The van der Waals surface area contributed by atoms with Crippen molar-refractivity contribution in [2.75, 3.05) is 31.5 Å². The predicted molar refractivity (Wildman–Crippen MR) is 75.6 cm³/mol. The molecule has 0 bridgehead atoms. The van der Waals surface area contributed by atoms with Gasteiger partial charge in [0.25, 0.3) is 0 Å². The molecule has 106 valence electrons. The molecule has 1 unspecified atom stereocenters. The number of aliphatic hydroxyl groups excluding tert-OH is 1. The Kier molecular flexibility index (Phi) is 5.12. The number of aliphatic hydroxyl groups is 1. The first-order chi connectivity index (χ1) is 9.13. The highest BCUT2D eigenvalue weighted by Crippen LogP contribution is 2.13. The number of urea groups is 1. The van der Waals surface area contributed by atoms with Gasteiger partial charge in [-0.25, -0.2) is 9.78 Å². The highest BCUT2D eigenvalue weighted by molar-refractivity contribution is 7.13. The minimum atomic E-state index is -0.526. The van der Waals surface area contributed by atoms with Crippen LogP contribution >= 0.6 is 11.3 Å². The smallest absolute Gasteiger partial charge is 0.321 e. The van der Waals surface area contributed by atoms with Gasteiger partial charge in [0, 0.05) is 18.5 Å². The van der Waals surface area contributed by atoms with Gasteiger partial charge in [0.2, 0.25) is 0 Å². The minimum Gasteiger partial charge on any atom is -0.390 e. The summed E-state index contributed by atoms with van der Waals surface area (Å²) >= 11 is 1.38. The average molecular weight is 284 g/mol. The molecule has 1 aliphatic heterocycles. The molecule has 0 aromatic carbocycles. The second-order valence-corrected chi connectivity index (χ2v) is 5.65. The van der Waals surface area contributed by atoms with Gasteiger partial charge in [-0.05, 0) is 32.9 Å². The third-order valence-corrected chi connectivity index (χ3v) is 3.88. The topological polar surface area (TPSA) is 77.5 Å². The van der Waals surface area contributed by atoms with E-state index in [1.807, 2.05) is 12.3 Å². The number of amides is 2. The van der Waals surface area contributed by atoms with Crippen LogP contribution in [0.3, 0.4) is 0 Å².